The first kappa shape index (κ1) is 27.4. The molecule has 0 N–H and O–H groups in total. The molecule has 1 aliphatic carbocycles. The largest absolute Gasteiger partial charge is 0.310 e. The first-order chi connectivity index (χ1) is 23.1. The van der Waals surface area contributed by atoms with E-state index in [-0.39, 0.29) is 0 Å². The Morgan fingerprint density at radius 1 is 0.340 bits per heavy atom. The lowest BCUT2D eigenvalue weighted by molar-refractivity contribution is 1.26. The van der Waals surface area contributed by atoms with Crippen LogP contribution < -0.4 is 4.90 Å². The highest BCUT2D eigenvalue weighted by Gasteiger charge is 2.32. The number of anilines is 3. The second-order valence-electron chi connectivity index (χ2n) is 12.7. The molecule has 1 heteroatoms. The molecule has 0 aromatic heterocycles. The smallest absolute Gasteiger partial charge is 0.0468 e. The second kappa shape index (κ2) is 10.9. The van der Waals surface area contributed by atoms with Crippen molar-refractivity contribution < 1.29 is 0 Å². The lowest BCUT2D eigenvalue weighted by Crippen LogP contribution is -2.10. The highest BCUT2D eigenvalue weighted by atomic mass is 15.1. The summed E-state index contributed by atoms with van der Waals surface area (Å²) >= 11 is 0. The molecule has 0 aliphatic heterocycles. The van der Waals surface area contributed by atoms with Crippen LogP contribution in [0.2, 0.25) is 0 Å². The second-order valence-corrected chi connectivity index (χ2v) is 12.7. The van der Waals surface area contributed by atoms with Gasteiger partial charge in [-0.2, -0.15) is 0 Å². The number of hydrogen-bond donors (Lipinski definition) is 0. The topological polar surface area (TPSA) is 3.24 Å². The molecule has 8 aromatic carbocycles. The molecule has 0 fully saturated rings. The predicted octanol–water partition coefficient (Wildman–Crippen LogP) is 13.1. The van der Waals surface area contributed by atoms with E-state index >= 15 is 0 Å². The molecule has 0 saturated carbocycles. The van der Waals surface area contributed by atoms with Gasteiger partial charge >= 0.3 is 0 Å². The predicted molar refractivity (Wildman–Crippen MR) is 201 cm³/mol. The van der Waals surface area contributed by atoms with Gasteiger partial charge in [-0.25, -0.2) is 0 Å². The van der Waals surface area contributed by atoms with Gasteiger partial charge in [0.25, 0.3) is 0 Å². The molecule has 1 aliphatic rings. The Kier molecular flexibility index (Phi) is 6.33. The summed E-state index contributed by atoms with van der Waals surface area (Å²) in [4.78, 5) is 2.38. The standard InChI is InChI=1S/C46H33N/c1-30-24-31(2)26-38(25-30)47(36-18-10-5-11-19-36)37-23-22-34-28-41-42(29-35(34)27-37)46-44(33-16-8-4-9-17-33)40-21-13-12-20-39(40)43(45(41)46)32-14-6-3-7-15-32/h3-29H,1-2H3. The van der Waals surface area contributed by atoms with Gasteiger partial charge < -0.3 is 4.90 Å². The molecule has 0 atom stereocenters. The molecule has 9 rings (SSSR count). The molecule has 1 nitrogen and oxygen atoms in total. The summed E-state index contributed by atoms with van der Waals surface area (Å²) in [6.45, 7) is 4.35. The maximum absolute atomic E-state index is 2.43. The molecule has 0 radical (unpaired) electrons. The van der Waals surface area contributed by atoms with Crippen LogP contribution in [-0.2, 0) is 0 Å². The fourth-order valence-electron chi connectivity index (χ4n) is 7.67. The van der Waals surface area contributed by atoms with Crippen molar-refractivity contribution in [3.63, 3.8) is 0 Å². The van der Waals surface area contributed by atoms with Gasteiger partial charge in [0.1, 0.15) is 0 Å². The molecule has 0 spiro atoms. The summed E-state index contributed by atoms with van der Waals surface area (Å²) in [6.07, 6.45) is 0. The van der Waals surface area contributed by atoms with Crippen LogP contribution in [0.15, 0.2) is 164 Å². The minimum Gasteiger partial charge on any atom is -0.310 e. The zero-order valence-corrected chi connectivity index (χ0v) is 26.5. The van der Waals surface area contributed by atoms with Gasteiger partial charge in [0.05, 0.1) is 0 Å². The number of aryl methyl sites for hydroxylation is 2. The molecule has 0 amide bonds. The summed E-state index contributed by atoms with van der Waals surface area (Å²) in [7, 11) is 0. The highest BCUT2D eigenvalue weighted by Crippen LogP contribution is 2.59. The van der Waals surface area contributed by atoms with Gasteiger partial charge in [-0.15, -0.1) is 0 Å². The molecular formula is C46H33N. The molecule has 8 aromatic rings. The van der Waals surface area contributed by atoms with Crippen LogP contribution in [0, 0.1) is 13.8 Å². The van der Waals surface area contributed by atoms with Crippen molar-refractivity contribution >= 4 is 38.6 Å². The number of rotatable bonds is 5. The molecule has 0 bridgehead atoms. The van der Waals surface area contributed by atoms with Gasteiger partial charge in [-0.3, -0.25) is 0 Å². The summed E-state index contributed by atoms with van der Waals surface area (Å²) in [5.41, 5.74) is 16.5. The monoisotopic (exact) mass is 599 g/mol. The summed E-state index contributed by atoms with van der Waals surface area (Å²) in [6, 6.07) is 60.0. The maximum atomic E-state index is 2.43. The van der Waals surface area contributed by atoms with Gasteiger partial charge in [0.2, 0.25) is 0 Å². The van der Waals surface area contributed by atoms with E-state index in [1.54, 1.807) is 0 Å². The Bertz CT molecular complexity index is 2440. The third kappa shape index (κ3) is 4.47. The van der Waals surface area contributed by atoms with E-state index in [4.69, 9.17) is 0 Å². The van der Waals surface area contributed by atoms with E-state index in [1.165, 1.54) is 82.9 Å². The Morgan fingerprint density at radius 2 is 0.830 bits per heavy atom. The van der Waals surface area contributed by atoms with E-state index in [9.17, 15) is 0 Å². The normalized spacial score (nSPS) is 11.6. The van der Waals surface area contributed by atoms with Crippen molar-refractivity contribution in [1.82, 2.24) is 0 Å². The molecule has 0 heterocycles. The Morgan fingerprint density at radius 3 is 1.38 bits per heavy atom. The fraction of sp³-hybridized carbons (Fsp3) is 0.0435. The first-order valence-corrected chi connectivity index (χ1v) is 16.4. The van der Waals surface area contributed by atoms with Crippen molar-refractivity contribution in [2.75, 3.05) is 4.90 Å². The minimum atomic E-state index is 1.15. The number of nitrogens with zero attached hydrogens (tertiary/aromatic N) is 1. The Hall–Kier alpha value is -5.92. The Labute approximate surface area is 276 Å². The fourth-order valence-corrected chi connectivity index (χ4v) is 7.67. The number of hydrogen-bond acceptors (Lipinski definition) is 1. The third-order valence-corrected chi connectivity index (χ3v) is 9.58. The van der Waals surface area contributed by atoms with Gasteiger partial charge in [0.15, 0.2) is 0 Å². The van der Waals surface area contributed by atoms with Crippen molar-refractivity contribution in [3.05, 3.63) is 175 Å². The average Bonchev–Trinajstić information content (AvgIpc) is 3.10. The van der Waals surface area contributed by atoms with Gasteiger partial charge in [-0.1, -0.05) is 115 Å². The van der Waals surface area contributed by atoms with Gasteiger partial charge in [0, 0.05) is 17.1 Å². The van der Waals surface area contributed by atoms with E-state index < -0.39 is 0 Å². The lowest BCUT2D eigenvalue weighted by atomic mass is 9.70. The van der Waals surface area contributed by atoms with Crippen LogP contribution in [0.4, 0.5) is 17.1 Å². The summed E-state index contributed by atoms with van der Waals surface area (Å²) in [5, 5.41) is 5.08. The zero-order valence-electron chi connectivity index (χ0n) is 26.5. The van der Waals surface area contributed by atoms with Crippen LogP contribution in [0.1, 0.15) is 11.1 Å². The molecule has 222 valence electrons. The van der Waals surface area contributed by atoms with E-state index in [0.29, 0.717) is 0 Å². The quantitative estimate of drug-likeness (QED) is 0.190. The van der Waals surface area contributed by atoms with Gasteiger partial charge in [-0.05, 0) is 140 Å². The molecule has 0 saturated heterocycles. The highest BCUT2D eigenvalue weighted by molar-refractivity contribution is 6.26. The van der Waals surface area contributed by atoms with Crippen LogP contribution in [0.25, 0.3) is 66.1 Å². The van der Waals surface area contributed by atoms with Crippen molar-refractivity contribution in [1.29, 1.82) is 0 Å². The van der Waals surface area contributed by atoms with Crippen LogP contribution in [0.3, 0.4) is 0 Å². The Balaban J connectivity index is 1.30. The molecule has 0 unspecified atom stereocenters. The number of benzene rings is 8. The van der Waals surface area contributed by atoms with Crippen LogP contribution in [0.5, 0.6) is 0 Å². The van der Waals surface area contributed by atoms with Crippen LogP contribution >= 0.6 is 0 Å². The molecule has 47 heavy (non-hydrogen) atoms. The maximum Gasteiger partial charge on any atom is 0.0468 e. The van der Waals surface area contributed by atoms with Crippen molar-refractivity contribution in [3.8, 4) is 44.5 Å². The average molecular weight is 600 g/mol. The first-order valence-electron chi connectivity index (χ1n) is 16.4. The molecular weight excluding hydrogens is 567 g/mol. The minimum absolute atomic E-state index is 1.15. The van der Waals surface area contributed by atoms with Crippen molar-refractivity contribution in [2.24, 2.45) is 0 Å². The SMILES string of the molecule is Cc1cc(C)cc(N(c2ccccc2)c2ccc3cc4c(cc3c2)-c2c-4c(-c3ccccc3)c3ccccc3c2-c2ccccc2)c1. The van der Waals surface area contributed by atoms with Crippen LogP contribution in [-0.4, -0.2) is 0 Å². The summed E-state index contributed by atoms with van der Waals surface area (Å²) in [5.74, 6) is 0. The lowest BCUT2D eigenvalue weighted by Gasteiger charge is -2.33. The zero-order chi connectivity index (χ0) is 31.5. The summed E-state index contributed by atoms with van der Waals surface area (Å²) < 4.78 is 0. The third-order valence-electron chi connectivity index (χ3n) is 9.58. The van der Waals surface area contributed by atoms with E-state index in [2.05, 4.69) is 183 Å². The number of fused-ring (bicyclic) bond motifs is 6. The van der Waals surface area contributed by atoms with Crippen molar-refractivity contribution in [2.45, 2.75) is 13.8 Å². The van der Waals surface area contributed by atoms with E-state index in [1.807, 2.05) is 0 Å². The van der Waals surface area contributed by atoms with E-state index in [0.717, 1.165) is 11.4 Å². The number of para-hydroxylation sites is 1.